The third-order valence-electron chi connectivity index (χ3n) is 2.69. The highest BCUT2D eigenvalue weighted by Crippen LogP contribution is 2.24. The highest BCUT2D eigenvalue weighted by molar-refractivity contribution is 14.1. The first-order valence-electron chi connectivity index (χ1n) is 5.94. The van der Waals surface area contributed by atoms with Crippen LogP contribution in [0.15, 0.2) is 48.5 Å². The minimum absolute atomic E-state index is 0.0213. The molecule has 0 aromatic heterocycles. The molecule has 0 saturated carbocycles. The quantitative estimate of drug-likeness (QED) is 0.771. The number of benzene rings is 2. The average molecular weight is 386 g/mol. The van der Waals surface area contributed by atoms with Gasteiger partial charge in [0, 0.05) is 9.99 Å². The Hall–Kier alpha value is -1.07. The second-order valence-corrected chi connectivity index (χ2v) is 5.81. The molecule has 0 bridgehead atoms. The number of carbonyl (C=O) groups excluding carboxylic acids is 1. The molecule has 0 radical (unpaired) electrons. The molecule has 19 heavy (non-hydrogen) atoms. The predicted molar refractivity (Wildman–Crippen MR) is 87.6 cm³/mol. The van der Waals surface area contributed by atoms with Gasteiger partial charge in [-0.3, -0.25) is 4.79 Å². The maximum absolute atomic E-state index is 11.9. The first-order chi connectivity index (χ1) is 9.15. The van der Waals surface area contributed by atoms with Gasteiger partial charge in [-0.2, -0.15) is 0 Å². The standard InChI is InChI=1S/C15H13ClINO/c16-13-10-12(17)7-8-14(13)18-15(19)9-6-11-4-2-1-3-5-11/h1-5,7-8,10H,6,9H2,(H,18,19). The van der Waals surface area contributed by atoms with E-state index in [1.54, 1.807) is 0 Å². The Morgan fingerprint density at radius 2 is 1.89 bits per heavy atom. The average Bonchev–Trinajstić information content (AvgIpc) is 2.41. The summed E-state index contributed by atoms with van der Waals surface area (Å²) in [5.74, 6) is -0.0213. The molecule has 0 heterocycles. The largest absolute Gasteiger partial charge is 0.325 e. The van der Waals surface area contributed by atoms with Crippen LogP contribution in [0.25, 0.3) is 0 Å². The van der Waals surface area contributed by atoms with Crippen molar-refractivity contribution in [3.05, 3.63) is 62.7 Å². The molecule has 98 valence electrons. The highest BCUT2D eigenvalue weighted by atomic mass is 127. The topological polar surface area (TPSA) is 29.1 Å². The Bertz CT molecular complexity index is 572. The maximum Gasteiger partial charge on any atom is 0.224 e. The molecular weight excluding hydrogens is 373 g/mol. The zero-order valence-corrected chi connectivity index (χ0v) is 13.1. The van der Waals surface area contributed by atoms with Crippen molar-refractivity contribution in [3.63, 3.8) is 0 Å². The van der Waals surface area contributed by atoms with E-state index in [1.165, 1.54) is 0 Å². The lowest BCUT2D eigenvalue weighted by Crippen LogP contribution is -2.12. The van der Waals surface area contributed by atoms with Crippen LogP contribution in [-0.4, -0.2) is 5.91 Å². The summed E-state index contributed by atoms with van der Waals surface area (Å²) in [5, 5.41) is 3.40. The van der Waals surface area contributed by atoms with Crippen molar-refractivity contribution in [2.45, 2.75) is 12.8 Å². The Labute approximate surface area is 131 Å². The van der Waals surface area contributed by atoms with Crippen LogP contribution in [-0.2, 0) is 11.2 Å². The van der Waals surface area contributed by atoms with E-state index in [9.17, 15) is 4.79 Å². The lowest BCUT2D eigenvalue weighted by atomic mass is 10.1. The molecule has 0 aliphatic rings. The summed E-state index contributed by atoms with van der Waals surface area (Å²) >= 11 is 8.25. The summed E-state index contributed by atoms with van der Waals surface area (Å²) in [4.78, 5) is 11.9. The molecule has 4 heteroatoms. The number of hydrogen-bond acceptors (Lipinski definition) is 1. The Morgan fingerprint density at radius 3 is 2.58 bits per heavy atom. The zero-order chi connectivity index (χ0) is 13.7. The van der Waals surface area contributed by atoms with Crippen molar-refractivity contribution in [3.8, 4) is 0 Å². The third-order valence-corrected chi connectivity index (χ3v) is 3.67. The first-order valence-corrected chi connectivity index (χ1v) is 7.39. The van der Waals surface area contributed by atoms with Crippen LogP contribution in [0.2, 0.25) is 5.02 Å². The zero-order valence-electron chi connectivity index (χ0n) is 10.2. The van der Waals surface area contributed by atoms with Gasteiger partial charge in [0.05, 0.1) is 10.7 Å². The SMILES string of the molecule is O=C(CCc1ccccc1)Nc1ccc(I)cc1Cl. The maximum atomic E-state index is 11.9. The van der Waals surface area contributed by atoms with Crippen LogP contribution in [0.3, 0.4) is 0 Å². The summed E-state index contributed by atoms with van der Waals surface area (Å²) in [5.41, 5.74) is 1.83. The van der Waals surface area contributed by atoms with Crippen molar-refractivity contribution >= 4 is 45.8 Å². The van der Waals surface area contributed by atoms with Crippen molar-refractivity contribution < 1.29 is 4.79 Å². The van der Waals surface area contributed by atoms with E-state index >= 15 is 0 Å². The van der Waals surface area contributed by atoms with Crippen molar-refractivity contribution in [1.29, 1.82) is 0 Å². The molecule has 0 aliphatic carbocycles. The van der Waals surface area contributed by atoms with Crippen LogP contribution in [0.4, 0.5) is 5.69 Å². The van der Waals surface area contributed by atoms with Crippen molar-refractivity contribution in [2.24, 2.45) is 0 Å². The summed E-state index contributed by atoms with van der Waals surface area (Å²) in [6.45, 7) is 0. The number of carbonyl (C=O) groups is 1. The fourth-order valence-electron chi connectivity index (χ4n) is 1.71. The number of amides is 1. The molecule has 0 aliphatic heterocycles. The first kappa shape index (κ1) is 14.3. The van der Waals surface area contributed by atoms with Gasteiger partial charge in [0.25, 0.3) is 0 Å². The van der Waals surface area contributed by atoms with Crippen LogP contribution < -0.4 is 5.32 Å². The number of hydrogen-bond donors (Lipinski definition) is 1. The lowest BCUT2D eigenvalue weighted by molar-refractivity contribution is -0.116. The van der Waals surface area contributed by atoms with Crippen LogP contribution in [0, 0.1) is 3.57 Å². The van der Waals surface area contributed by atoms with Gasteiger partial charge >= 0.3 is 0 Å². The molecule has 2 aromatic carbocycles. The molecule has 2 aromatic rings. The Morgan fingerprint density at radius 1 is 1.16 bits per heavy atom. The summed E-state index contributed by atoms with van der Waals surface area (Å²) in [6.07, 6.45) is 1.18. The second kappa shape index (κ2) is 6.91. The summed E-state index contributed by atoms with van der Waals surface area (Å²) in [7, 11) is 0. The van der Waals surface area contributed by atoms with Crippen molar-refractivity contribution in [2.75, 3.05) is 5.32 Å². The lowest BCUT2D eigenvalue weighted by Gasteiger charge is -2.07. The smallest absolute Gasteiger partial charge is 0.224 e. The number of aryl methyl sites for hydroxylation is 1. The van der Waals surface area contributed by atoms with E-state index in [1.807, 2.05) is 48.5 Å². The van der Waals surface area contributed by atoms with Crippen LogP contribution >= 0.6 is 34.2 Å². The molecule has 0 fully saturated rings. The van der Waals surface area contributed by atoms with Crippen LogP contribution in [0.1, 0.15) is 12.0 Å². The molecule has 1 amide bonds. The van der Waals surface area contributed by atoms with E-state index in [4.69, 9.17) is 11.6 Å². The van der Waals surface area contributed by atoms with Crippen molar-refractivity contribution in [1.82, 2.24) is 0 Å². The monoisotopic (exact) mass is 385 g/mol. The molecule has 2 rings (SSSR count). The molecule has 0 saturated heterocycles. The molecule has 0 unspecified atom stereocenters. The molecule has 1 N–H and O–H groups in total. The molecule has 0 atom stereocenters. The van der Waals surface area contributed by atoms with E-state index < -0.39 is 0 Å². The van der Waals surface area contributed by atoms with Gasteiger partial charge in [-0.05, 0) is 52.8 Å². The van der Waals surface area contributed by atoms with E-state index in [2.05, 4.69) is 27.9 Å². The second-order valence-electron chi connectivity index (χ2n) is 4.16. The minimum Gasteiger partial charge on any atom is -0.325 e. The molecule has 2 nitrogen and oxygen atoms in total. The predicted octanol–water partition coefficient (Wildman–Crippen LogP) is 4.52. The Balaban J connectivity index is 1.91. The normalized spacial score (nSPS) is 10.2. The summed E-state index contributed by atoms with van der Waals surface area (Å²) in [6, 6.07) is 15.5. The van der Waals surface area contributed by atoms with Gasteiger partial charge in [0.2, 0.25) is 5.91 Å². The summed E-state index contributed by atoms with van der Waals surface area (Å²) < 4.78 is 1.05. The van der Waals surface area contributed by atoms with E-state index in [-0.39, 0.29) is 5.91 Å². The van der Waals surface area contributed by atoms with Gasteiger partial charge in [-0.15, -0.1) is 0 Å². The minimum atomic E-state index is -0.0213. The third kappa shape index (κ3) is 4.51. The van der Waals surface area contributed by atoms with E-state index in [0.717, 1.165) is 15.6 Å². The van der Waals surface area contributed by atoms with Gasteiger partial charge < -0.3 is 5.32 Å². The Kier molecular flexibility index (Phi) is 5.22. The number of anilines is 1. The number of nitrogens with one attached hydrogen (secondary N) is 1. The van der Waals surface area contributed by atoms with Gasteiger partial charge in [-0.25, -0.2) is 0 Å². The fraction of sp³-hybridized carbons (Fsp3) is 0.133. The molecule has 0 spiro atoms. The number of rotatable bonds is 4. The van der Waals surface area contributed by atoms with E-state index in [0.29, 0.717) is 17.1 Å². The highest BCUT2D eigenvalue weighted by Gasteiger charge is 2.06. The fourth-order valence-corrected chi connectivity index (χ4v) is 2.61. The van der Waals surface area contributed by atoms with Gasteiger partial charge in [0.1, 0.15) is 0 Å². The van der Waals surface area contributed by atoms with Gasteiger partial charge in [0.15, 0.2) is 0 Å². The van der Waals surface area contributed by atoms with Crippen LogP contribution in [0.5, 0.6) is 0 Å². The number of halogens is 2. The molecular formula is C15H13ClINO. The van der Waals surface area contributed by atoms with Gasteiger partial charge in [-0.1, -0.05) is 41.9 Å².